The summed E-state index contributed by atoms with van der Waals surface area (Å²) < 4.78 is 22.8. The van der Waals surface area contributed by atoms with Crippen LogP contribution in [-0.2, 0) is 14.3 Å². The molecule has 0 bridgehead atoms. The minimum atomic E-state index is -0.588. The van der Waals surface area contributed by atoms with E-state index < -0.39 is 11.9 Å². The number of hydrogen-bond donors (Lipinski definition) is 1. The molecule has 39 heavy (non-hydrogen) atoms. The van der Waals surface area contributed by atoms with Crippen LogP contribution in [0, 0.1) is 5.92 Å². The lowest BCUT2D eigenvalue weighted by molar-refractivity contribution is -0.140. The first kappa shape index (κ1) is 28.3. The number of nitrogens with one attached hydrogen (secondary N) is 1. The average molecular weight is 534 g/mol. The Morgan fingerprint density at radius 1 is 0.974 bits per heavy atom. The van der Waals surface area contributed by atoms with Gasteiger partial charge in [-0.05, 0) is 62.8 Å². The summed E-state index contributed by atoms with van der Waals surface area (Å²) in [6.45, 7) is 10.1. The Kier molecular flexibility index (Phi) is 8.68. The Bertz CT molecular complexity index is 1310. The maximum atomic E-state index is 14.0. The highest BCUT2D eigenvalue weighted by atomic mass is 16.5. The van der Waals surface area contributed by atoms with Crippen LogP contribution in [0.3, 0.4) is 0 Å². The van der Waals surface area contributed by atoms with Crippen LogP contribution in [0.15, 0.2) is 65.0 Å². The zero-order valence-corrected chi connectivity index (χ0v) is 23.9. The highest BCUT2D eigenvalue weighted by Crippen LogP contribution is 2.48. The lowest BCUT2D eigenvalue weighted by Crippen LogP contribution is -2.36. The molecular formula is C32H39NO6. The summed E-state index contributed by atoms with van der Waals surface area (Å²) in [6, 6.07) is 13.4. The smallest absolute Gasteiger partial charge is 0.336 e. The summed E-state index contributed by atoms with van der Waals surface area (Å²) in [5.41, 5.74) is 4.36. The number of esters is 1. The standard InChI is InChI=1S/C32H39NO6/c1-18(2)17-38-32(35)29-20(5)33-24-14-22(21-12-13-27(36-6)28(16-21)37-7)15-25(34)31(24)30(29)23-10-8-9-11-26(23)39-19(3)4/h8-13,16,18-19,22,30,33H,14-15,17H2,1-7H3/t22-,30-/m1/s1. The second-order valence-electron chi connectivity index (χ2n) is 10.8. The first-order valence-electron chi connectivity index (χ1n) is 13.5. The van der Waals surface area contributed by atoms with Crippen molar-refractivity contribution in [2.75, 3.05) is 20.8 Å². The minimum absolute atomic E-state index is 0.00505. The number of dihydropyridines is 1. The molecule has 0 saturated carbocycles. The molecule has 7 heteroatoms. The normalized spacial score (nSPS) is 19.2. The van der Waals surface area contributed by atoms with E-state index in [-0.39, 0.29) is 23.7 Å². The third-order valence-corrected chi connectivity index (χ3v) is 7.07. The van der Waals surface area contributed by atoms with Crippen LogP contribution in [-0.4, -0.2) is 38.7 Å². The molecule has 2 aromatic rings. The van der Waals surface area contributed by atoms with Crippen molar-refractivity contribution < 1.29 is 28.5 Å². The Labute approximate surface area is 231 Å². The van der Waals surface area contributed by atoms with Gasteiger partial charge in [0.05, 0.1) is 38.4 Å². The topological polar surface area (TPSA) is 83.1 Å². The molecule has 2 atom stereocenters. The number of allylic oxidation sites excluding steroid dienone is 3. The Morgan fingerprint density at radius 3 is 2.36 bits per heavy atom. The molecule has 1 heterocycles. The number of carbonyl (C=O) groups is 2. The quantitative estimate of drug-likeness (QED) is 0.393. The van der Waals surface area contributed by atoms with Gasteiger partial charge < -0.3 is 24.3 Å². The number of carbonyl (C=O) groups excluding carboxylic acids is 2. The van der Waals surface area contributed by atoms with E-state index in [0.29, 0.717) is 53.5 Å². The maximum Gasteiger partial charge on any atom is 0.336 e. The van der Waals surface area contributed by atoms with E-state index in [9.17, 15) is 9.59 Å². The van der Waals surface area contributed by atoms with Gasteiger partial charge in [0.2, 0.25) is 0 Å². The van der Waals surface area contributed by atoms with E-state index in [1.54, 1.807) is 14.2 Å². The van der Waals surface area contributed by atoms with Gasteiger partial charge in [0.25, 0.3) is 0 Å². The van der Waals surface area contributed by atoms with Crippen molar-refractivity contribution in [3.8, 4) is 17.2 Å². The molecule has 1 aliphatic heterocycles. The average Bonchev–Trinajstić information content (AvgIpc) is 2.90. The number of ketones is 1. The molecule has 2 aromatic carbocycles. The number of Topliss-reactive ketones (excluding diaryl/α,β-unsaturated/α-hetero) is 1. The van der Waals surface area contributed by atoms with Gasteiger partial charge in [0, 0.05) is 29.0 Å². The maximum absolute atomic E-state index is 14.0. The molecule has 0 amide bonds. The molecule has 4 rings (SSSR count). The van der Waals surface area contributed by atoms with Crippen LogP contribution in [0.25, 0.3) is 0 Å². The molecule has 0 fully saturated rings. The minimum Gasteiger partial charge on any atom is -0.493 e. The fourth-order valence-corrected chi connectivity index (χ4v) is 5.36. The van der Waals surface area contributed by atoms with Crippen molar-refractivity contribution in [1.29, 1.82) is 0 Å². The molecule has 0 spiro atoms. The first-order valence-corrected chi connectivity index (χ1v) is 13.5. The first-order chi connectivity index (χ1) is 18.6. The van der Waals surface area contributed by atoms with Gasteiger partial charge in [0.15, 0.2) is 17.3 Å². The van der Waals surface area contributed by atoms with Crippen molar-refractivity contribution >= 4 is 11.8 Å². The molecule has 0 radical (unpaired) electrons. The van der Waals surface area contributed by atoms with Crippen molar-refractivity contribution in [1.82, 2.24) is 5.32 Å². The van der Waals surface area contributed by atoms with E-state index in [1.165, 1.54) is 0 Å². The molecule has 0 aromatic heterocycles. The van der Waals surface area contributed by atoms with Gasteiger partial charge in [-0.25, -0.2) is 4.79 Å². The third-order valence-electron chi connectivity index (χ3n) is 7.07. The molecule has 208 valence electrons. The zero-order valence-electron chi connectivity index (χ0n) is 23.9. The van der Waals surface area contributed by atoms with Gasteiger partial charge in [-0.15, -0.1) is 0 Å². The summed E-state index contributed by atoms with van der Waals surface area (Å²) in [4.78, 5) is 27.5. The second kappa shape index (κ2) is 12.0. The lowest BCUT2D eigenvalue weighted by atomic mass is 9.71. The molecule has 0 unspecified atom stereocenters. The van der Waals surface area contributed by atoms with Crippen LogP contribution in [0.4, 0.5) is 0 Å². The highest BCUT2D eigenvalue weighted by molar-refractivity contribution is 6.04. The summed E-state index contributed by atoms with van der Waals surface area (Å²) in [6.07, 6.45) is 0.859. The second-order valence-corrected chi connectivity index (χ2v) is 10.8. The summed E-state index contributed by atoms with van der Waals surface area (Å²) in [5, 5.41) is 3.42. The van der Waals surface area contributed by atoms with Gasteiger partial charge in [0.1, 0.15) is 5.75 Å². The number of para-hydroxylation sites is 1. The van der Waals surface area contributed by atoms with Crippen LogP contribution in [0.5, 0.6) is 17.2 Å². The predicted octanol–water partition coefficient (Wildman–Crippen LogP) is 6.05. The van der Waals surface area contributed by atoms with E-state index in [0.717, 1.165) is 16.8 Å². The van der Waals surface area contributed by atoms with E-state index >= 15 is 0 Å². The van der Waals surface area contributed by atoms with Crippen molar-refractivity contribution in [2.45, 2.75) is 65.4 Å². The summed E-state index contributed by atoms with van der Waals surface area (Å²) in [5.74, 6) is 1.06. The summed E-state index contributed by atoms with van der Waals surface area (Å²) >= 11 is 0. The largest absolute Gasteiger partial charge is 0.493 e. The fraction of sp³-hybridized carbons (Fsp3) is 0.438. The molecule has 0 saturated heterocycles. The van der Waals surface area contributed by atoms with E-state index in [1.807, 2.05) is 77.1 Å². The Morgan fingerprint density at radius 2 is 1.69 bits per heavy atom. The molecule has 2 aliphatic rings. The van der Waals surface area contributed by atoms with Crippen molar-refractivity contribution in [2.24, 2.45) is 5.92 Å². The van der Waals surface area contributed by atoms with Crippen LogP contribution in [0.1, 0.15) is 70.4 Å². The van der Waals surface area contributed by atoms with E-state index in [4.69, 9.17) is 18.9 Å². The van der Waals surface area contributed by atoms with Crippen LogP contribution < -0.4 is 19.5 Å². The number of methoxy groups -OCH3 is 2. The number of ether oxygens (including phenoxy) is 4. The van der Waals surface area contributed by atoms with Gasteiger partial charge in [-0.3, -0.25) is 4.79 Å². The van der Waals surface area contributed by atoms with Crippen molar-refractivity contribution in [3.63, 3.8) is 0 Å². The molecule has 1 aliphatic carbocycles. The monoisotopic (exact) mass is 533 g/mol. The Hall–Kier alpha value is -3.74. The molecule has 1 N–H and O–H groups in total. The summed E-state index contributed by atoms with van der Waals surface area (Å²) in [7, 11) is 3.21. The Balaban J connectivity index is 1.80. The SMILES string of the molecule is COc1ccc([C@H]2CC(=O)C3=C(C2)NC(C)=C(C(=O)OCC(C)C)[C@H]3c2ccccc2OC(C)C)cc1OC. The zero-order chi connectivity index (χ0) is 28.3. The molecular weight excluding hydrogens is 494 g/mol. The number of hydrogen-bond acceptors (Lipinski definition) is 7. The van der Waals surface area contributed by atoms with E-state index in [2.05, 4.69) is 5.32 Å². The highest BCUT2D eigenvalue weighted by Gasteiger charge is 2.42. The molecule has 7 nitrogen and oxygen atoms in total. The van der Waals surface area contributed by atoms with Gasteiger partial charge in [-0.2, -0.15) is 0 Å². The predicted molar refractivity (Wildman–Crippen MR) is 150 cm³/mol. The van der Waals surface area contributed by atoms with Gasteiger partial charge >= 0.3 is 5.97 Å². The van der Waals surface area contributed by atoms with Crippen LogP contribution in [0.2, 0.25) is 0 Å². The van der Waals surface area contributed by atoms with Gasteiger partial charge in [-0.1, -0.05) is 38.1 Å². The van der Waals surface area contributed by atoms with Crippen molar-refractivity contribution in [3.05, 3.63) is 76.1 Å². The fourth-order valence-electron chi connectivity index (χ4n) is 5.36. The number of benzene rings is 2. The van der Waals surface area contributed by atoms with Crippen LogP contribution >= 0.6 is 0 Å². The third kappa shape index (κ3) is 5.97. The number of rotatable bonds is 9. The lowest BCUT2D eigenvalue weighted by Gasteiger charge is -2.37.